The second kappa shape index (κ2) is 8.66. The van der Waals surface area contributed by atoms with Crippen molar-refractivity contribution in [3.63, 3.8) is 0 Å². The van der Waals surface area contributed by atoms with Crippen LogP contribution in [0.3, 0.4) is 0 Å². The van der Waals surface area contributed by atoms with Crippen molar-refractivity contribution in [1.82, 2.24) is 15.0 Å². The first kappa shape index (κ1) is 15.8. The molecule has 0 saturated heterocycles. The van der Waals surface area contributed by atoms with Crippen molar-refractivity contribution in [2.24, 2.45) is 0 Å². The highest BCUT2D eigenvalue weighted by molar-refractivity contribution is 5.51. The molecule has 0 unspecified atom stereocenters. The molecule has 2 aromatic rings. The van der Waals surface area contributed by atoms with Crippen LogP contribution in [0.2, 0.25) is 0 Å². The summed E-state index contributed by atoms with van der Waals surface area (Å²) in [5.74, 6) is 2.11. The van der Waals surface area contributed by atoms with Gasteiger partial charge in [-0.1, -0.05) is 13.3 Å². The molecule has 0 saturated carbocycles. The monoisotopic (exact) mass is 303 g/mol. The Morgan fingerprint density at radius 1 is 1.23 bits per heavy atom. The van der Waals surface area contributed by atoms with Crippen molar-refractivity contribution in [3.05, 3.63) is 30.7 Å². The maximum absolute atomic E-state index is 5.66. The number of aromatic nitrogens is 3. The van der Waals surface area contributed by atoms with Gasteiger partial charge in [0.15, 0.2) is 11.6 Å². The summed E-state index contributed by atoms with van der Waals surface area (Å²) in [4.78, 5) is 12.1. The lowest BCUT2D eigenvalue weighted by Crippen LogP contribution is -2.12. The largest absolute Gasteiger partial charge is 0.488 e. The van der Waals surface area contributed by atoms with Gasteiger partial charge in [0.05, 0.1) is 12.4 Å². The van der Waals surface area contributed by atoms with Crippen molar-refractivity contribution < 1.29 is 9.47 Å². The molecule has 3 N–H and O–H groups in total. The zero-order chi connectivity index (χ0) is 15.6. The Kier molecular flexibility index (Phi) is 6.22. The van der Waals surface area contributed by atoms with E-state index >= 15 is 0 Å². The quantitative estimate of drug-likeness (QED) is 0.685. The number of hydrogen-bond acceptors (Lipinski definition) is 7. The molecule has 0 radical (unpaired) electrons. The van der Waals surface area contributed by atoms with Crippen LogP contribution < -0.4 is 20.5 Å². The van der Waals surface area contributed by atoms with E-state index in [4.69, 9.17) is 15.2 Å². The third kappa shape index (κ3) is 5.08. The lowest BCUT2D eigenvalue weighted by atomic mass is 10.3. The zero-order valence-corrected chi connectivity index (χ0v) is 12.7. The van der Waals surface area contributed by atoms with Gasteiger partial charge in [0, 0.05) is 12.7 Å². The van der Waals surface area contributed by atoms with Crippen LogP contribution in [-0.4, -0.2) is 34.7 Å². The van der Waals surface area contributed by atoms with E-state index in [1.54, 1.807) is 18.6 Å². The highest BCUT2D eigenvalue weighted by Gasteiger charge is 2.07. The molecule has 0 spiro atoms. The Morgan fingerprint density at radius 3 is 2.86 bits per heavy atom. The summed E-state index contributed by atoms with van der Waals surface area (Å²) in [5, 5.41) is 3.21. The second-order valence-electron chi connectivity index (χ2n) is 4.61. The highest BCUT2D eigenvalue weighted by atomic mass is 16.5. The number of rotatable bonds is 9. The summed E-state index contributed by atoms with van der Waals surface area (Å²) in [7, 11) is 0. The van der Waals surface area contributed by atoms with E-state index in [1.807, 2.05) is 12.1 Å². The molecule has 0 aliphatic rings. The molecule has 0 aliphatic heterocycles. The van der Waals surface area contributed by atoms with E-state index < -0.39 is 0 Å². The third-order valence-corrected chi connectivity index (χ3v) is 2.84. The Labute approximate surface area is 129 Å². The Balaban J connectivity index is 1.83. The predicted octanol–water partition coefficient (Wildman–Crippen LogP) is 2.12. The fraction of sp³-hybridized carbons (Fsp3) is 0.400. The number of hydrogen-bond donors (Lipinski definition) is 2. The molecule has 7 nitrogen and oxygen atoms in total. The lowest BCUT2D eigenvalue weighted by molar-refractivity contribution is 0.216. The fourth-order valence-electron chi connectivity index (χ4n) is 1.74. The van der Waals surface area contributed by atoms with Gasteiger partial charge in [-0.15, -0.1) is 0 Å². The summed E-state index contributed by atoms with van der Waals surface area (Å²) in [5.41, 5.74) is 5.61. The maximum atomic E-state index is 5.66. The highest BCUT2D eigenvalue weighted by Crippen LogP contribution is 2.21. The van der Waals surface area contributed by atoms with E-state index in [0.717, 1.165) is 19.4 Å². The predicted molar refractivity (Wildman–Crippen MR) is 85.1 cm³/mol. The van der Waals surface area contributed by atoms with Crippen LogP contribution in [0, 0.1) is 0 Å². The normalized spacial score (nSPS) is 10.2. The molecule has 0 bridgehead atoms. The molecule has 2 rings (SSSR count). The smallest absolute Gasteiger partial charge is 0.222 e. The van der Waals surface area contributed by atoms with Crippen LogP contribution >= 0.6 is 0 Å². The minimum atomic E-state index is 0.220. The molecule has 22 heavy (non-hydrogen) atoms. The number of nitrogens with one attached hydrogen (secondary N) is 1. The molecule has 2 aromatic heterocycles. The van der Waals surface area contributed by atoms with Gasteiger partial charge in [0.25, 0.3) is 0 Å². The van der Waals surface area contributed by atoms with E-state index in [2.05, 4.69) is 27.2 Å². The van der Waals surface area contributed by atoms with E-state index in [-0.39, 0.29) is 5.95 Å². The van der Waals surface area contributed by atoms with Gasteiger partial charge in [-0.2, -0.15) is 4.98 Å². The first-order chi connectivity index (χ1) is 10.8. The Hall–Kier alpha value is -2.57. The molecule has 0 aliphatic carbocycles. The number of nitrogen functional groups attached to an aromatic ring is 1. The molecule has 0 atom stereocenters. The molecular weight excluding hydrogens is 282 g/mol. The van der Waals surface area contributed by atoms with Crippen LogP contribution in [0.1, 0.15) is 19.8 Å². The SMILES string of the molecule is CCCCNc1nc(N)ncc1OCCOc1cccnc1. The zero-order valence-electron chi connectivity index (χ0n) is 12.7. The minimum absolute atomic E-state index is 0.220. The minimum Gasteiger partial charge on any atom is -0.488 e. The Bertz CT molecular complexity index is 565. The summed E-state index contributed by atoms with van der Waals surface area (Å²) >= 11 is 0. The maximum Gasteiger partial charge on any atom is 0.222 e. The van der Waals surface area contributed by atoms with Gasteiger partial charge in [-0.3, -0.25) is 4.98 Å². The molecule has 7 heteroatoms. The van der Waals surface area contributed by atoms with Crippen LogP contribution in [0.15, 0.2) is 30.7 Å². The second-order valence-corrected chi connectivity index (χ2v) is 4.61. The van der Waals surface area contributed by atoms with Gasteiger partial charge in [0.1, 0.15) is 19.0 Å². The van der Waals surface area contributed by atoms with Crippen molar-refractivity contribution >= 4 is 11.8 Å². The average Bonchev–Trinajstić information content (AvgIpc) is 2.54. The number of nitrogens with zero attached hydrogens (tertiary/aromatic N) is 3. The van der Waals surface area contributed by atoms with E-state index in [9.17, 15) is 0 Å². The van der Waals surface area contributed by atoms with Gasteiger partial charge in [-0.25, -0.2) is 4.98 Å². The van der Waals surface area contributed by atoms with Gasteiger partial charge >= 0.3 is 0 Å². The van der Waals surface area contributed by atoms with Gasteiger partial charge in [-0.05, 0) is 18.6 Å². The molecule has 2 heterocycles. The summed E-state index contributed by atoms with van der Waals surface area (Å²) in [6.07, 6.45) is 7.07. The summed E-state index contributed by atoms with van der Waals surface area (Å²) in [6, 6.07) is 3.66. The van der Waals surface area contributed by atoms with Crippen LogP contribution in [0.25, 0.3) is 0 Å². The fourth-order valence-corrected chi connectivity index (χ4v) is 1.74. The van der Waals surface area contributed by atoms with Crippen LogP contribution in [0.5, 0.6) is 11.5 Å². The molecule has 0 aromatic carbocycles. The van der Waals surface area contributed by atoms with E-state index in [0.29, 0.717) is 30.5 Å². The number of pyridine rings is 1. The van der Waals surface area contributed by atoms with Crippen molar-refractivity contribution in [2.75, 3.05) is 30.8 Å². The van der Waals surface area contributed by atoms with Crippen molar-refractivity contribution in [3.8, 4) is 11.5 Å². The Morgan fingerprint density at radius 2 is 2.09 bits per heavy atom. The first-order valence-electron chi connectivity index (χ1n) is 7.31. The van der Waals surface area contributed by atoms with Gasteiger partial charge < -0.3 is 20.5 Å². The first-order valence-corrected chi connectivity index (χ1v) is 7.31. The topological polar surface area (TPSA) is 95.2 Å². The lowest BCUT2D eigenvalue weighted by Gasteiger charge is -2.12. The third-order valence-electron chi connectivity index (χ3n) is 2.84. The number of ether oxygens (including phenoxy) is 2. The average molecular weight is 303 g/mol. The van der Waals surface area contributed by atoms with Crippen molar-refractivity contribution in [1.29, 1.82) is 0 Å². The molecule has 118 valence electrons. The van der Waals surface area contributed by atoms with Crippen LogP contribution in [-0.2, 0) is 0 Å². The number of anilines is 2. The number of unbranched alkanes of at least 4 members (excludes halogenated alkanes) is 1. The summed E-state index contributed by atoms with van der Waals surface area (Å²) < 4.78 is 11.2. The molecule has 0 fully saturated rings. The van der Waals surface area contributed by atoms with Crippen molar-refractivity contribution in [2.45, 2.75) is 19.8 Å². The van der Waals surface area contributed by atoms with Crippen LogP contribution in [0.4, 0.5) is 11.8 Å². The molecule has 0 amide bonds. The van der Waals surface area contributed by atoms with E-state index in [1.165, 1.54) is 0 Å². The van der Waals surface area contributed by atoms with Gasteiger partial charge in [0.2, 0.25) is 5.95 Å². The number of nitrogens with two attached hydrogens (primary N) is 1. The molecular formula is C15H21N5O2. The standard InChI is InChI=1S/C15H21N5O2/c1-2-3-7-18-14-13(11-19-15(16)20-14)22-9-8-21-12-5-4-6-17-10-12/h4-6,10-11H,2-3,7-9H2,1H3,(H3,16,18,19,20). The summed E-state index contributed by atoms with van der Waals surface area (Å²) in [6.45, 7) is 3.73.